The number of carbonyl (C=O) groups is 3. The van der Waals surface area contributed by atoms with Crippen LogP contribution in [-0.2, 0) is 4.79 Å². The molecule has 0 unspecified atom stereocenters. The minimum Gasteiger partial charge on any atom is -0.351 e. The molecule has 0 saturated heterocycles. The highest BCUT2D eigenvalue weighted by Gasteiger charge is 2.12. The number of carbonyl (C=O) groups excluding carboxylic acids is 3. The number of amides is 3. The van der Waals surface area contributed by atoms with Crippen molar-refractivity contribution in [3.8, 4) is 12.3 Å². The van der Waals surface area contributed by atoms with Crippen molar-refractivity contribution in [2.24, 2.45) is 0 Å². The van der Waals surface area contributed by atoms with Crippen LogP contribution in [0.5, 0.6) is 0 Å². The van der Waals surface area contributed by atoms with Gasteiger partial charge in [0.15, 0.2) is 0 Å². The molecule has 0 aliphatic heterocycles. The minimum absolute atomic E-state index is 0.116. The number of rotatable bonds is 8. The zero-order valence-electron chi connectivity index (χ0n) is 14.1. The largest absolute Gasteiger partial charge is 0.351 e. The van der Waals surface area contributed by atoms with Crippen molar-refractivity contribution in [3.63, 3.8) is 0 Å². The van der Waals surface area contributed by atoms with E-state index in [2.05, 4.69) is 21.9 Å². The maximum absolute atomic E-state index is 12.1. The fourth-order valence-electron chi connectivity index (χ4n) is 2.18. The molecule has 0 bridgehead atoms. The first kappa shape index (κ1) is 19.2. The lowest BCUT2D eigenvalue weighted by Gasteiger charge is -2.10. The fraction of sp³-hybridized carbons (Fsp3) is 0.211. The van der Waals surface area contributed by atoms with Gasteiger partial charge in [-0.05, 0) is 30.0 Å². The highest BCUT2D eigenvalue weighted by molar-refractivity contribution is 7.12. The van der Waals surface area contributed by atoms with E-state index in [1.807, 2.05) is 11.4 Å². The molecule has 0 fully saturated rings. The number of thiophene rings is 1. The van der Waals surface area contributed by atoms with Gasteiger partial charge in [-0.1, -0.05) is 24.1 Å². The second-order valence-corrected chi connectivity index (χ2v) is 6.27. The van der Waals surface area contributed by atoms with E-state index in [0.29, 0.717) is 29.1 Å². The van der Waals surface area contributed by atoms with Gasteiger partial charge < -0.3 is 16.0 Å². The molecule has 0 aliphatic rings. The van der Waals surface area contributed by atoms with Gasteiger partial charge in [0.1, 0.15) is 0 Å². The van der Waals surface area contributed by atoms with Crippen LogP contribution in [0.3, 0.4) is 0 Å². The van der Waals surface area contributed by atoms with Crippen LogP contribution in [0.2, 0.25) is 0 Å². The minimum atomic E-state index is -0.345. The summed E-state index contributed by atoms with van der Waals surface area (Å²) in [6.07, 6.45) is 5.85. The molecule has 26 heavy (non-hydrogen) atoms. The average Bonchev–Trinajstić information content (AvgIpc) is 3.18. The molecule has 1 aromatic carbocycles. The van der Waals surface area contributed by atoms with Gasteiger partial charge in [-0.15, -0.1) is 17.8 Å². The molecule has 0 aliphatic carbocycles. The van der Waals surface area contributed by atoms with Gasteiger partial charge in [0.2, 0.25) is 5.91 Å². The van der Waals surface area contributed by atoms with Crippen LogP contribution >= 0.6 is 11.3 Å². The Hall–Kier alpha value is -3.11. The molecule has 0 radical (unpaired) electrons. The predicted molar refractivity (Wildman–Crippen MR) is 102 cm³/mol. The third-order valence-electron chi connectivity index (χ3n) is 3.41. The Labute approximate surface area is 156 Å². The van der Waals surface area contributed by atoms with E-state index >= 15 is 0 Å². The molecule has 1 heterocycles. The molecule has 7 heteroatoms. The van der Waals surface area contributed by atoms with E-state index in [4.69, 9.17) is 6.42 Å². The van der Waals surface area contributed by atoms with Gasteiger partial charge in [-0.25, -0.2) is 0 Å². The molecule has 0 atom stereocenters. The van der Waals surface area contributed by atoms with E-state index in [-0.39, 0.29) is 30.7 Å². The van der Waals surface area contributed by atoms with Crippen molar-refractivity contribution in [1.29, 1.82) is 0 Å². The third-order valence-corrected chi connectivity index (χ3v) is 4.28. The maximum Gasteiger partial charge on any atom is 0.261 e. The Morgan fingerprint density at radius 1 is 1.04 bits per heavy atom. The van der Waals surface area contributed by atoms with Crippen molar-refractivity contribution in [1.82, 2.24) is 10.6 Å². The van der Waals surface area contributed by atoms with Crippen molar-refractivity contribution < 1.29 is 14.4 Å². The van der Waals surface area contributed by atoms with Crippen LogP contribution in [-0.4, -0.2) is 30.8 Å². The Morgan fingerprint density at radius 2 is 1.85 bits per heavy atom. The zero-order chi connectivity index (χ0) is 18.8. The van der Waals surface area contributed by atoms with Crippen LogP contribution in [0.1, 0.15) is 32.9 Å². The second kappa shape index (κ2) is 10.0. The summed E-state index contributed by atoms with van der Waals surface area (Å²) in [5.41, 5.74) is 0.775. The van der Waals surface area contributed by atoms with Crippen molar-refractivity contribution in [3.05, 3.63) is 52.2 Å². The van der Waals surface area contributed by atoms with Gasteiger partial charge in [0.25, 0.3) is 11.8 Å². The van der Waals surface area contributed by atoms with E-state index in [0.717, 1.165) is 0 Å². The molecule has 134 valence electrons. The Kier molecular flexibility index (Phi) is 7.40. The van der Waals surface area contributed by atoms with Crippen molar-refractivity contribution in [2.75, 3.05) is 18.4 Å². The number of para-hydroxylation sites is 1. The summed E-state index contributed by atoms with van der Waals surface area (Å²) in [5, 5.41) is 9.89. The Bertz CT molecular complexity index is 810. The lowest BCUT2D eigenvalue weighted by Crippen LogP contribution is -2.26. The normalized spacial score (nSPS) is 9.81. The second-order valence-electron chi connectivity index (χ2n) is 5.32. The van der Waals surface area contributed by atoms with Crippen LogP contribution in [0, 0.1) is 12.3 Å². The lowest BCUT2D eigenvalue weighted by molar-refractivity contribution is -0.116. The van der Waals surface area contributed by atoms with Crippen molar-refractivity contribution in [2.45, 2.75) is 12.8 Å². The number of nitrogens with one attached hydrogen (secondary N) is 3. The quantitative estimate of drug-likeness (QED) is 0.493. The predicted octanol–water partition coefficient (Wildman–Crippen LogP) is 2.26. The highest BCUT2D eigenvalue weighted by Crippen LogP contribution is 2.15. The number of hydrogen-bond acceptors (Lipinski definition) is 4. The number of benzene rings is 1. The van der Waals surface area contributed by atoms with Crippen LogP contribution in [0.25, 0.3) is 0 Å². The topological polar surface area (TPSA) is 87.3 Å². The van der Waals surface area contributed by atoms with E-state index in [9.17, 15) is 14.4 Å². The summed E-state index contributed by atoms with van der Waals surface area (Å²) in [5.74, 6) is 1.61. The molecule has 2 aromatic rings. The summed E-state index contributed by atoms with van der Waals surface area (Å²) >= 11 is 1.37. The molecular formula is C19H19N3O3S. The fourth-order valence-corrected chi connectivity index (χ4v) is 2.82. The Balaban J connectivity index is 1.80. The van der Waals surface area contributed by atoms with Gasteiger partial charge >= 0.3 is 0 Å². The average molecular weight is 369 g/mol. The SMILES string of the molecule is C#CCNC(=O)c1ccccc1NC(=O)CCCNC(=O)c1cccs1. The van der Waals surface area contributed by atoms with Gasteiger partial charge in [0.05, 0.1) is 22.7 Å². The standard InChI is InChI=1S/C19H19N3O3S/c1-2-11-20-18(24)14-7-3-4-8-15(14)22-17(23)10-5-12-21-19(25)16-9-6-13-26-16/h1,3-4,6-9,13H,5,10-12H2,(H,20,24)(H,21,25)(H,22,23). The summed E-state index contributed by atoms with van der Waals surface area (Å²) < 4.78 is 0. The van der Waals surface area contributed by atoms with E-state index in [1.54, 1.807) is 30.3 Å². The third kappa shape index (κ3) is 5.76. The molecule has 6 nitrogen and oxygen atoms in total. The number of terminal acetylenes is 1. The van der Waals surface area contributed by atoms with Crippen molar-refractivity contribution >= 4 is 34.7 Å². The van der Waals surface area contributed by atoms with Crippen LogP contribution in [0.4, 0.5) is 5.69 Å². The molecule has 0 spiro atoms. The molecule has 2 rings (SSSR count). The first-order chi connectivity index (χ1) is 12.6. The zero-order valence-corrected chi connectivity index (χ0v) is 14.9. The molecule has 3 amide bonds. The number of anilines is 1. The van der Waals surface area contributed by atoms with Gasteiger partial charge in [-0.3, -0.25) is 14.4 Å². The molecular weight excluding hydrogens is 350 g/mol. The lowest BCUT2D eigenvalue weighted by atomic mass is 10.1. The smallest absolute Gasteiger partial charge is 0.261 e. The molecule has 0 saturated carbocycles. The molecule has 1 aromatic heterocycles. The summed E-state index contributed by atoms with van der Waals surface area (Å²) in [6, 6.07) is 10.3. The van der Waals surface area contributed by atoms with Gasteiger partial charge in [0, 0.05) is 13.0 Å². The summed E-state index contributed by atoms with van der Waals surface area (Å²) in [4.78, 5) is 36.6. The maximum atomic E-state index is 12.1. The Morgan fingerprint density at radius 3 is 2.58 bits per heavy atom. The summed E-state index contributed by atoms with van der Waals surface area (Å²) in [7, 11) is 0. The molecule has 3 N–H and O–H groups in total. The van der Waals surface area contributed by atoms with Crippen LogP contribution < -0.4 is 16.0 Å². The van der Waals surface area contributed by atoms with Crippen LogP contribution in [0.15, 0.2) is 41.8 Å². The highest BCUT2D eigenvalue weighted by atomic mass is 32.1. The number of hydrogen-bond donors (Lipinski definition) is 3. The van der Waals surface area contributed by atoms with E-state index < -0.39 is 0 Å². The van der Waals surface area contributed by atoms with Gasteiger partial charge in [-0.2, -0.15) is 0 Å². The first-order valence-electron chi connectivity index (χ1n) is 8.04. The first-order valence-corrected chi connectivity index (χ1v) is 8.92. The summed E-state index contributed by atoms with van der Waals surface area (Å²) in [6.45, 7) is 0.513. The monoisotopic (exact) mass is 369 g/mol. The van der Waals surface area contributed by atoms with E-state index in [1.165, 1.54) is 11.3 Å².